The minimum Gasteiger partial charge on any atom is -0.497 e. The van der Waals surface area contributed by atoms with Gasteiger partial charge in [-0.05, 0) is 48.7 Å². The third-order valence-corrected chi connectivity index (χ3v) is 7.52. The molecule has 0 aliphatic rings. The van der Waals surface area contributed by atoms with Gasteiger partial charge in [0.15, 0.2) is 4.90 Å². The summed E-state index contributed by atoms with van der Waals surface area (Å²) in [5.41, 5.74) is 1.58. The summed E-state index contributed by atoms with van der Waals surface area (Å²) in [6, 6.07) is 22.6. The van der Waals surface area contributed by atoms with Crippen LogP contribution in [0.4, 0.5) is 5.69 Å². The van der Waals surface area contributed by atoms with Gasteiger partial charge in [0.05, 0.1) is 12.0 Å². The summed E-state index contributed by atoms with van der Waals surface area (Å²) in [5.74, 6) is 0.824. The van der Waals surface area contributed by atoms with Gasteiger partial charge >= 0.3 is 0 Å². The quantitative estimate of drug-likeness (QED) is 0.196. The van der Waals surface area contributed by atoms with E-state index in [0.29, 0.717) is 6.42 Å². The van der Waals surface area contributed by atoms with Crippen LogP contribution >= 0.6 is 0 Å². The van der Waals surface area contributed by atoms with Crippen molar-refractivity contribution in [2.24, 2.45) is 0 Å². The molecule has 0 heterocycles. The van der Waals surface area contributed by atoms with E-state index in [0.717, 1.165) is 42.8 Å². The van der Waals surface area contributed by atoms with Gasteiger partial charge in [0.2, 0.25) is 10.0 Å². The molecule has 0 bridgehead atoms. The third kappa shape index (κ3) is 7.61. The number of nitro groups is 1. The second-order valence-corrected chi connectivity index (χ2v) is 10.0. The fourth-order valence-electron chi connectivity index (χ4n) is 3.73. The first kappa shape index (κ1) is 26.3. The van der Waals surface area contributed by atoms with Gasteiger partial charge in [-0.15, -0.1) is 0 Å². The van der Waals surface area contributed by atoms with Crippen molar-refractivity contribution >= 4 is 15.7 Å². The van der Waals surface area contributed by atoms with Gasteiger partial charge < -0.3 is 10.1 Å². The highest BCUT2D eigenvalue weighted by Gasteiger charge is 2.31. The molecule has 0 unspecified atom stereocenters. The Morgan fingerprint density at radius 3 is 2.26 bits per heavy atom. The Balaban J connectivity index is 1.58. The number of nitrogens with one attached hydrogen (secondary N) is 1. The van der Waals surface area contributed by atoms with Gasteiger partial charge in [-0.2, -0.15) is 4.31 Å². The minimum absolute atomic E-state index is 0.158. The van der Waals surface area contributed by atoms with Gasteiger partial charge in [-0.25, -0.2) is 8.42 Å². The Kier molecular flexibility index (Phi) is 9.77. The van der Waals surface area contributed by atoms with Crippen LogP contribution in [0.15, 0.2) is 83.8 Å². The zero-order chi connectivity index (χ0) is 25.1. The highest BCUT2D eigenvalue weighted by atomic mass is 32.2. The van der Waals surface area contributed by atoms with Crippen molar-refractivity contribution in [3.8, 4) is 5.75 Å². The first-order valence-electron chi connectivity index (χ1n) is 11.5. The number of methoxy groups -OCH3 is 1. The molecule has 0 saturated carbocycles. The zero-order valence-electron chi connectivity index (χ0n) is 19.8. The number of sulfonamides is 1. The normalized spacial score (nSPS) is 11.5. The second kappa shape index (κ2) is 13.0. The molecule has 3 aromatic rings. The molecular formula is C26H31N3O5S. The number of ether oxygens (including phenoxy) is 1. The van der Waals surface area contributed by atoms with E-state index in [1.165, 1.54) is 28.6 Å². The van der Waals surface area contributed by atoms with Crippen LogP contribution in [0.25, 0.3) is 0 Å². The topological polar surface area (TPSA) is 102 Å². The summed E-state index contributed by atoms with van der Waals surface area (Å²) in [7, 11) is -2.41. The number of hydrogen-bond acceptors (Lipinski definition) is 6. The van der Waals surface area contributed by atoms with Gasteiger partial charge in [0, 0.05) is 25.7 Å². The Labute approximate surface area is 206 Å². The lowest BCUT2D eigenvalue weighted by Crippen LogP contribution is -2.32. The van der Waals surface area contributed by atoms with Crippen molar-refractivity contribution in [2.75, 3.05) is 20.2 Å². The van der Waals surface area contributed by atoms with Crippen molar-refractivity contribution < 1.29 is 18.1 Å². The summed E-state index contributed by atoms with van der Waals surface area (Å²) < 4.78 is 33.4. The SMILES string of the molecule is COc1ccc(CNCCCCCN(Cc2ccccc2)S(=O)(=O)c2ccccc2[N+](=O)[O-])cc1. The van der Waals surface area contributed by atoms with Crippen molar-refractivity contribution in [2.45, 2.75) is 37.2 Å². The Bertz CT molecular complexity index is 1190. The van der Waals surface area contributed by atoms with E-state index in [9.17, 15) is 18.5 Å². The largest absolute Gasteiger partial charge is 0.497 e. The smallest absolute Gasteiger partial charge is 0.289 e. The monoisotopic (exact) mass is 497 g/mol. The fraction of sp³-hybridized carbons (Fsp3) is 0.308. The van der Waals surface area contributed by atoms with Crippen LogP contribution in [0, 0.1) is 10.1 Å². The Hall–Kier alpha value is -3.27. The molecule has 0 saturated heterocycles. The Morgan fingerprint density at radius 1 is 0.886 bits per heavy atom. The van der Waals surface area contributed by atoms with Crippen LogP contribution in [-0.2, 0) is 23.1 Å². The first-order chi connectivity index (χ1) is 16.9. The zero-order valence-corrected chi connectivity index (χ0v) is 20.6. The molecule has 0 atom stereocenters. The van der Waals surface area contributed by atoms with E-state index >= 15 is 0 Å². The summed E-state index contributed by atoms with van der Waals surface area (Å²) in [4.78, 5) is 10.5. The van der Waals surface area contributed by atoms with Crippen LogP contribution in [0.5, 0.6) is 5.75 Å². The van der Waals surface area contributed by atoms with Crippen molar-refractivity contribution in [1.82, 2.24) is 9.62 Å². The molecule has 0 radical (unpaired) electrons. The number of para-hydroxylation sites is 1. The van der Waals surface area contributed by atoms with Crippen LogP contribution in [0.2, 0.25) is 0 Å². The summed E-state index contributed by atoms with van der Waals surface area (Å²) in [6.45, 7) is 1.99. The number of benzene rings is 3. The first-order valence-corrected chi connectivity index (χ1v) is 13.0. The summed E-state index contributed by atoms with van der Waals surface area (Å²) >= 11 is 0. The van der Waals surface area contributed by atoms with E-state index in [1.807, 2.05) is 54.6 Å². The molecule has 0 aliphatic heterocycles. The van der Waals surface area contributed by atoms with E-state index < -0.39 is 20.6 Å². The van der Waals surface area contributed by atoms with E-state index in [-0.39, 0.29) is 18.0 Å². The summed E-state index contributed by atoms with van der Waals surface area (Å²) in [6.07, 6.45) is 2.37. The fourth-order valence-corrected chi connectivity index (χ4v) is 5.35. The van der Waals surface area contributed by atoms with Crippen LogP contribution in [-0.4, -0.2) is 37.8 Å². The number of nitrogens with zero attached hydrogens (tertiary/aromatic N) is 2. The standard InChI is InChI=1S/C26H31N3O5S/c1-34-24-16-14-22(15-17-24)20-27-18-8-3-9-19-28(21-23-10-4-2-5-11-23)35(32,33)26-13-7-6-12-25(26)29(30)31/h2,4-7,10-17,27H,3,8-9,18-21H2,1H3. The molecule has 0 fully saturated rings. The molecule has 0 aliphatic carbocycles. The summed E-state index contributed by atoms with van der Waals surface area (Å²) in [5, 5.41) is 14.8. The highest BCUT2D eigenvalue weighted by molar-refractivity contribution is 7.89. The maximum atomic E-state index is 13.4. The van der Waals surface area contributed by atoms with Crippen molar-refractivity contribution in [3.63, 3.8) is 0 Å². The molecular weight excluding hydrogens is 466 g/mol. The van der Waals surface area contributed by atoms with Crippen LogP contribution in [0.3, 0.4) is 0 Å². The lowest BCUT2D eigenvalue weighted by molar-refractivity contribution is -0.387. The molecule has 1 N–H and O–H groups in total. The molecule has 8 nitrogen and oxygen atoms in total. The number of unbranched alkanes of at least 4 members (excludes halogenated alkanes) is 2. The number of nitro benzene ring substituents is 1. The minimum atomic E-state index is -4.05. The number of rotatable bonds is 14. The van der Waals surface area contributed by atoms with Crippen LogP contribution < -0.4 is 10.1 Å². The van der Waals surface area contributed by atoms with Crippen molar-refractivity contribution in [3.05, 3.63) is 100 Å². The molecule has 0 amide bonds. The van der Waals surface area contributed by atoms with Gasteiger partial charge in [-0.3, -0.25) is 10.1 Å². The number of hydrogen-bond donors (Lipinski definition) is 1. The molecule has 9 heteroatoms. The predicted octanol–water partition coefficient (Wildman–Crippen LogP) is 4.75. The lowest BCUT2D eigenvalue weighted by Gasteiger charge is -2.22. The average Bonchev–Trinajstić information content (AvgIpc) is 2.88. The van der Waals surface area contributed by atoms with Crippen molar-refractivity contribution in [1.29, 1.82) is 0 Å². The molecule has 0 aromatic heterocycles. The maximum absolute atomic E-state index is 13.4. The average molecular weight is 498 g/mol. The van der Waals surface area contributed by atoms with Crippen LogP contribution in [0.1, 0.15) is 30.4 Å². The second-order valence-electron chi connectivity index (χ2n) is 8.13. The maximum Gasteiger partial charge on any atom is 0.289 e. The molecule has 35 heavy (non-hydrogen) atoms. The highest BCUT2D eigenvalue weighted by Crippen LogP contribution is 2.27. The predicted molar refractivity (Wildman–Crippen MR) is 136 cm³/mol. The Morgan fingerprint density at radius 2 is 1.57 bits per heavy atom. The van der Waals surface area contributed by atoms with Gasteiger partial charge in [-0.1, -0.05) is 61.0 Å². The van der Waals surface area contributed by atoms with E-state index in [4.69, 9.17) is 4.74 Å². The van der Waals surface area contributed by atoms with Gasteiger partial charge in [0.25, 0.3) is 5.69 Å². The molecule has 3 rings (SSSR count). The molecule has 3 aromatic carbocycles. The van der Waals surface area contributed by atoms with E-state index in [2.05, 4.69) is 5.32 Å². The third-order valence-electron chi connectivity index (χ3n) is 5.63. The lowest BCUT2D eigenvalue weighted by atomic mass is 10.2. The molecule has 0 spiro atoms. The van der Waals surface area contributed by atoms with E-state index in [1.54, 1.807) is 7.11 Å². The van der Waals surface area contributed by atoms with Gasteiger partial charge in [0.1, 0.15) is 5.75 Å². The molecule has 186 valence electrons.